The zero-order valence-corrected chi connectivity index (χ0v) is 15.7. The first-order chi connectivity index (χ1) is 13.3. The van der Waals surface area contributed by atoms with E-state index in [-0.39, 0.29) is 36.0 Å². The highest BCUT2D eigenvalue weighted by Crippen LogP contribution is 2.18. The van der Waals surface area contributed by atoms with E-state index in [1.165, 1.54) is 12.1 Å². The molecular weight excluding hydrogens is 363 g/mol. The van der Waals surface area contributed by atoms with Crippen LogP contribution in [-0.4, -0.2) is 29.4 Å². The smallest absolute Gasteiger partial charge is 0.312 e. The van der Waals surface area contributed by atoms with Gasteiger partial charge in [0, 0.05) is 18.5 Å². The summed E-state index contributed by atoms with van der Waals surface area (Å²) in [6.07, 6.45) is 0.262. The minimum atomic E-state index is -1.07. The molecule has 0 heterocycles. The lowest BCUT2D eigenvalue weighted by atomic mass is 9.99. The molecule has 2 rings (SSSR count). The van der Waals surface area contributed by atoms with Crippen LogP contribution in [0.3, 0.4) is 0 Å². The molecular formula is C21H23FN2O4. The Morgan fingerprint density at radius 2 is 1.75 bits per heavy atom. The van der Waals surface area contributed by atoms with Gasteiger partial charge in [-0.15, -0.1) is 0 Å². The Hall–Kier alpha value is -3.22. The molecule has 0 aromatic heterocycles. The third-order valence-corrected chi connectivity index (χ3v) is 4.07. The van der Waals surface area contributed by atoms with Gasteiger partial charge in [0.2, 0.25) is 5.91 Å². The van der Waals surface area contributed by atoms with Gasteiger partial charge in [-0.2, -0.15) is 0 Å². The predicted molar refractivity (Wildman–Crippen MR) is 104 cm³/mol. The van der Waals surface area contributed by atoms with E-state index in [1.54, 1.807) is 30.3 Å². The van der Waals surface area contributed by atoms with Gasteiger partial charge in [-0.05, 0) is 29.7 Å². The number of rotatable bonds is 8. The molecule has 2 amide bonds. The van der Waals surface area contributed by atoms with Crippen molar-refractivity contribution < 1.29 is 23.9 Å². The number of carboxylic acids is 1. The summed E-state index contributed by atoms with van der Waals surface area (Å²) in [5, 5.41) is 14.4. The van der Waals surface area contributed by atoms with Gasteiger partial charge in [0.05, 0.1) is 11.6 Å². The Kier molecular flexibility index (Phi) is 7.26. The Labute approximate surface area is 162 Å². The molecule has 0 saturated carbocycles. The number of carboxylic acid groups (broad SMARTS) is 1. The molecule has 0 spiro atoms. The van der Waals surface area contributed by atoms with Crippen molar-refractivity contribution >= 4 is 23.5 Å². The Morgan fingerprint density at radius 3 is 2.32 bits per heavy atom. The van der Waals surface area contributed by atoms with Crippen LogP contribution in [-0.2, 0) is 9.59 Å². The van der Waals surface area contributed by atoms with Gasteiger partial charge in [0.1, 0.15) is 5.82 Å². The molecule has 0 radical (unpaired) electrons. The lowest BCUT2D eigenvalue weighted by Gasteiger charge is -2.14. The first-order valence-electron chi connectivity index (χ1n) is 8.93. The fourth-order valence-corrected chi connectivity index (χ4v) is 2.66. The third kappa shape index (κ3) is 5.90. The van der Waals surface area contributed by atoms with Crippen LogP contribution in [0.25, 0.3) is 0 Å². The van der Waals surface area contributed by atoms with Crippen LogP contribution in [0.4, 0.5) is 10.1 Å². The van der Waals surface area contributed by atoms with Crippen LogP contribution < -0.4 is 10.6 Å². The zero-order chi connectivity index (χ0) is 20.7. The first kappa shape index (κ1) is 21.1. The second-order valence-electron chi connectivity index (χ2n) is 6.85. The largest absolute Gasteiger partial charge is 0.481 e. The molecule has 7 heteroatoms. The molecule has 1 unspecified atom stereocenters. The minimum Gasteiger partial charge on any atom is -0.481 e. The number of nitrogens with one attached hydrogen (secondary N) is 2. The summed E-state index contributed by atoms with van der Waals surface area (Å²) in [5.41, 5.74) is 0.594. The lowest BCUT2D eigenvalue weighted by Crippen LogP contribution is -2.31. The average molecular weight is 386 g/mol. The highest BCUT2D eigenvalue weighted by atomic mass is 19.1. The highest BCUT2D eigenvalue weighted by molar-refractivity contribution is 5.96. The Bertz CT molecular complexity index is 853. The number of benzene rings is 2. The molecule has 0 aliphatic carbocycles. The van der Waals surface area contributed by atoms with Crippen LogP contribution in [0.1, 0.15) is 42.1 Å². The van der Waals surface area contributed by atoms with Crippen molar-refractivity contribution in [2.75, 3.05) is 11.9 Å². The maximum atomic E-state index is 14.2. The number of aliphatic carboxylic acids is 1. The van der Waals surface area contributed by atoms with Gasteiger partial charge in [-0.25, -0.2) is 4.39 Å². The van der Waals surface area contributed by atoms with E-state index >= 15 is 0 Å². The molecule has 28 heavy (non-hydrogen) atoms. The molecule has 2 aromatic rings. The Morgan fingerprint density at radius 1 is 1.07 bits per heavy atom. The molecule has 0 bridgehead atoms. The summed E-state index contributed by atoms with van der Waals surface area (Å²) >= 11 is 0. The molecule has 2 aromatic carbocycles. The quantitative estimate of drug-likeness (QED) is 0.648. The summed E-state index contributed by atoms with van der Waals surface area (Å²) in [6.45, 7) is 3.62. The van der Waals surface area contributed by atoms with Crippen molar-refractivity contribution in [2.24, 2.45) is 5.92 Å². The summed E-state index contributed by atoms with van der Waals surface area (Å²) in [4.78, 5) is 35.5. The van der Waals surface area contributed by atoms with Gasteiger partial charge in [0.15, 0.2) is 0 Å². The Balaban J connectivity index is 2.03. The fourth-order valence-electron chi connectivity index (χ4n) is 2.66. The standard InChI is InChI=1S/C21H23FN2O4/c1-13(2)10-19(25)24-18-9-8-15(11-17(18)22)20(26)23-12-16(21(27)28)14-6-4-3-5-7-14/h3-9,11,13,16H,10,12H2,1-2H3,(H,23,26)(H,24,25)(H,27,28). The first-order valence-corrected chi connectivity index (χ1v) is 8.93. The highest BCUT2D eigenvalue weighted by Gasteiger charge is 2.21. The number of hydrogen-bond donors (Lipinski definition) is 3. The van der Waals surface area contributed by atoms with Crippen molar-refractivity contribution in [3.05, 3.63) is 65.5 Å². The van der Waals surface area contributed by atoms with Crippen LogP contribution in [0.2, 0.25) is 0 Å². The molecule has 3 N–H and O–H groups in total. The molecule has 6 nitrogen and oxygen atoms in total. The zero-order valence-electron chi connectivity index (χ0n) is 15.7. The lowest BCUT2D eigenvalue weighted by molar-refractivity contribution is -0.138. The van der Waals surface area contributed by atoms with Gasteiger partial charge in [-0.1, -0.05) is 44.2 Å². The van der Waals surface area contributed by atoms with Crippen LogP contribution in [0, 0.1) is 11.7 Å². The number of amides is 2. The number of carbonyl (C=O) groups excluding carboxylic acids is 2. The van der Waals surface area contributed by atoms with E-state index in [1.807, 2.05) is 13.8 Å². The van der Waals surface area contributed by atoms with Crippen LogP contribution in [0.15, 0.2) is 48.5 Å². The van der Waals surface area contributed by atoms with E-state index in [2.05, 4.69) is 10.6 Å². The topological polar surface area (TPSA) is 95.5 Å². The average Bonchev–Trinajstić information content (AvgIpc) is 2.63. The van der Waals surface area contributed by atoms with Gasteiger partial charge in [-0.3, -0.25) is 14.4 Å². The maximum Gasteiger partial charge on any atom is 0.312 e. The number of anilines is 1. The molecule has 0 aliphatic rings. The van der Waals surface area contributed by atoms with E-state index < -0.39 is 23.6 Å². The monoisotopic (exact) mass is 386 g/mol. The van der Waals surface area contributed by atoms with E-state index in [0.717, 1.165) is 6.07 Å². The second-order valence-corrected chi connectivity index (χ2v) is 6.85. The van der Waals surface area contributed by atoms with E-state index in [0.29, 0.717) is 5.56 Å². The number of carbonyl (C=O) groups is 3. The molecule has 1 atom stereocenters. The summed E-state index contributed by atoms with van der Waals surface area (Å²) in [5.74, 6) is -3.48. The van der Waals surface area contributed by atoms with Gasteiger partial charge >= 0.3 is 5.97 Å². The normalized spacial score (nSPS) is 11.7. The third-order valence-electron chi connectivity index (χ3n) is 4.07. The second kappa shape index (κ2) is 9.64. The van der Waals surface area contributed by atoms with Gasteiger partial charge < -0.3 is 15.7 Å². The summed E-state index contributed by atoms with van der Waals surface area (Å²) < 4.78 is 14.2. The molecule has 148 valence electrons. The SMILES string of the molecule is CC(C)CC(=O)Nc1ccc(C(=O)NCC(C(=O)O)c2ccccc2)cc1F. The number of hydrogen-bond acceptors (Lipinski definition) is 3. The van der Waals surface area contributed by atoms with E-state index in [4.69, 9.17) is 0 Å². The minimum absolute atomic E-state index is 0.00472. The van der Waals surface area contributed by atoms with Gasteiger partial charge in [0.25, 0.3) is 5.91 Å². The number of halogens is 1. The maximum absolute atomic E-state index is 14.2. The van der Waals surface area contributed by atoms with Crippen molar-refractivity contribution in [3.63, 3.8) is 0 Å². The fraction of sp³-hybridized carbons (Fsp3) is 0.286. The summed E-state index contributed by atoms with van der Waals surface area (Å²) in [7, 11) is 0. The van der Waals surface area contributed by atoms with Crippen molar-refractivity contribution in [1.29, 1.82) is 0 Å². The van der Waals surface area contributed by atoms with E-state index in [9.17, 15) is 23.9 Å². The molecule has 0 aliphatic heterocycles. The molecule has 0 saturated heterocycles. The molecule has 0 fully saturated rings. The van der Waals surface area contributed by atoms with Crippen molar-refractivity contribution in [3.8, 4) is 0 Å². The van der Waals surface area contributed by atoms with Crippen LogP contribution in [0.5, 0.6) is 0 Å². The summed E-state index contributed by atoms with van der Waals surface area (Å²) in [6, 6.07) is 12.2. The van der Waals surface area contributed by atoms with Crippen LogP contribution >= 0.6 is 0 Å². The predicted octanol–water partition coefficient (Wildman–Crippen LogP) is 3.41. The van der Waals surface area contributed by atoms with Crippen molar-refractivity contribution in [1.82, 2.24) is 5.32 Å². The van der Waals surface area contributed by atoms with Crippen molar-refractivity contribution in [2.45, 2.75) is 26.2 Å².